The van der Waals surface area contributed by atoms with Gasteiger partial charge in [0.15, 0.2) is 5.82 Å². The van der Waals surface area contributed by atoms with Gasteiger partial charge in [0.25, 0.3) is 5.91 Å². The third kappa shape index (κ3) is 2.34. The number of aliphatic hydroxyl groups is 1. The first kappa shape index (κ1) is 11.9. The average Bonchev–Trinajstić information content (AvgIpc) is 3.09. The van der Waals surface area contributed by atoms with E-state index in [1.807, 2.05) is 12.1 Å². The van der Waals surface area contributed by atoms with Crippen molar-refractivity contribution in [1.29, 1.82) is 0 Å². The van der Waals surface area contributed by atoms with Crippen LogP contribution in [0.4, 0.5) is 0 Å². The molecule has 2 heterocycles. The highest BCUT2D eigenvalue weighted by Crippen LogP contribution is 2.18. The molecule has 19 heavy (non-hydrogen) atoms. The molecule has 1 atom stereocenters. The van der Waals surface area contributed by atoms with Crippen molar-refractivity contribution in [3.05, 3.63) is 36.2 Å². The van der Waals surface area contributed by atoms with E-state index in [9.17, 15) is 9.90 Å². The fraction of sp³-hybridized carbons (Fsp3) is 0.308. The molecular formula is C13H14N4O2. The third-order valence-electron chi connectivity index (χ3n) is 3.25. The summed E-state index contributed by atoms with van der Waals surface area (Å²) in [5, 5.41) is 16.0. The predicted octanol–water partition coefficient (Wildman–Crippen LogP) is 0.678. The maximum absolute atomic E-state index is 12.3. The Balaban J connectivity index is 1.85. The standard InChI is InChI=1S/C13H14N4O2/c18-11-4-5-17(7-11)13(19)10-3-1-2-9(6-10)12-14-8-15-16-12/h1-3,6,8,11,18H,4-5,7H2,(H,14,15,16)/t11-/m1/s1. The molecule has 1 aromatic carbocycles. The van der Waals surface area contributed by atoms with Crippen molar-refractivity contribution < 1.29 is 9.90 Å². The molecule has 6 nitrogen and oxygen atoms in total. The minimum atomic E-state index is -0.401. The molecule has 2 aromatic rings. The topological polar surface area (TPSA) is 82.1 Å². The second-order valence-electron chi connectivity index (χ2n) is 4.61. The molecule has 6 heteroatoms. The number of amides is 1. The van der Waals surface area contributed by atoms with Crippen LogP contribution in [0.5, 0.6) is 0 Å². The van der Waals surface area contributed by atoms with E-state index in [2.05, 4.69) is 15.2 Å². The lowest BCUT2D eigenvalue weighted by Gasteiger charge is -2.15. The second kappa shape index (κ2) is 4.81. The summed E-state index contributed by atoms with van der Waals surface area (Å²) in [7, 11) is 0. The van der Waals surface area contributed by atoms with Gasteiger partial charge in [-0.15, -0.1) is 0 Å². The summed E-state index contributed by atoms with van der Waals surface area (Å²) >= 11 is 0. The lowest BCUT2D eigenvalue weighted by atomic mass is 10.1. The van der Waals surface area contributed by atoms with Crippen LogP contribution in [-0.2, 0) is 0 Å². The fourth-order valence-electron chi connectivity index (χ4n) is 2.25. The summed E-state index contributed by atoms with van der Waals surface area (Å²) in [5.41, 5.74) is 1.42. The van der Waals surface area contributed by atoms with Crippen molar-refractivity contribution in [2.24, 2.45) is 0 Å². The van der Waals surface area contributed by atoms with Crippen LogP contribution in [0.1, 0.15) is 16.8 Å². The van der Waals surface area contributed by atoms with Crippen molar-refractivity contribution in [2.45, 2.75) is 12.5 Å². The zero-order valence-corrected chi connectivity index (χ0v) is 10.3. The number of likely N-dealkylation sites (tertiary alicyclic amines) is 1. The fourth-order valence-corrected chi connectivity index (χ4v) is 2.25. The SMILES string of the molecule is O=C(c1cccc(-c2ncn[nH]2)c1)N1CC[C@@H](O)C1. The van der Waals surface area contributed by atoms with Crippen molar-refractivity contribution in [3.8, 4) is 11.4 Å². The van der Waals surface area contributed by atoms with Crippen LogP contribution in [0.2, 0.25) is 0 Å². The van der Waals surface area contributed by atoms with Gasteiger partial charge in [-0.1, -0.05) is 12.1 Å². The molecule has 1 aromatic heterocycles. The Labute approximate surface area is 110 Å². The van der Waals surface area contributed by atoms with Crippen molar-refractivity contribution in [1.82, 2.24) is 20.1 Å². The summed E-state index contributed by atoms with van der Waals surface area (Å²) in [6.07, 6.45) is 1.68. The summed E-state index contributed by atoms with van der Waals surface area (Å²) in [6, 6.07) is 7.24. The third-order valence-corrected chi connectivity index (χ3v) is 3.25. The van der Waals surface area contributed by atoms with Crippen molar-refractivity contribution in [2.75, 3.05) is 13.1 Å². The van der Waals surface area contributed by atoms with E-state index in [1.165, 1.54) is 6.33 Å². The first-order valence-electron chi connectivity index (χ1n) is 6.17. The summed E-state index contributed by atoms with van der Waals surface area (Å²) in [5.74, 6) is 0.578. The van der Waals surface area contributed by atoms with Crippen LogP contribution in [-0.4, -0.2) is 50.3 Å². The first-order chi connectivity index (χ1) is 9.24. The van der Waals surface area contributed by atoms with Crippen LogP contribution in [0.3, 0.4) is 0 Å². The Morgan fingerprint density at radius 1 is 1.47 bits per heavy atom. The van der Waals surface area contributed by atoms with Crippen LogP contribution in [0, 0.1) is 0 Å². The summed E-state index contributed by atoms with van der Waals surface area (Å²) in [6.45, 7) is 1.01. The molecule has 0 radical (unpaired) electrons. The molecule has 3 rings (SSSR count). The zero-order valence-electron chi connectivity index (χ0n) is 10.3. The van der Waals surface area contributed by atoms with Crippen LogP contribution < -0.4 is 0 Å². The number of benzene rings is 1. The number of aromatic nitrogens is 3. The van der Waals surface area contributed by atoms with Crippen LogP contribution in [0.25, 0.3) is 11.4 Å². The Morgan fingerprint density at radius 2 is 2.37 bits per heavy atom. The number of aliphatic hydroxyl groups excluding tert-OH is 1. The molecule has 1 fully saturated rings. The van der Waals surface area contributed by atoms with Gasteiger partial charge in [0.2, 0.25) is 0 Å². The largest absolute Gasteiger partial charge is 0.391 e. The maximum Gasteiger partial charge on any atom is 0.253 e. The van der Waals surface area contributed by atoms with Gasteiger partial charge in [-0.3, -0.25) is 9.89 Å². The van der Waals surface area contributed by atoms with Gasteiger partial charge in [0, 0.05) is 24.2 Å². The Bertz CT molecular complexity index is 582. The number of H-pyrrole nitrogens is 1. The lowest BCUT2D eigenvalue weighted by molar-refractivity contribution is 0.0765. The molecular weight excluding hydrogens is 244 g/mol. The van der Waals surface area contributed by atoms with E-state index >= 15 is 0 Å². The molecule has 0 aliphatic carbocycles. The van der Waals surface area contributed by atoms with E-state index in [-0.39, 0.29) is 5.91 Å². The molecule has 0 unspecified atom stereocenters. The molecule has 2 N–H and O–H groups in total. The highest BCUT2D eigenvalue weighted by atomic mass is 16.3. The van der Waals surface area contributed by atoms with Gasteiger partial charge in [0.05, 0.1) is 6.10 Å². The monoisotopic (exact) mass is 258 g/mol. The lowest BCUT2D eigenvalue weighted by Crippen LogP contribution is -2.29. The average molecular weight is 258 g/mol. The van der Waals surface area contributed by atoms with E-state index in [0.717, 1.165) is 5.56 Å². The molecule has 0 bridgehead atoms. The summed E-state index contributed by atoms with van der Waals surface area (Å²) in [4.78, 5) is 18.0. The zero-order chi connectivity index (χ0) is 13.2. The van der Waals surface area contributed by atoms with Crippen LogP contribution >= 0.6 is 0 Å². The number of rotatable bonds is 2. The van der Waals surface area contributed by atoms with E-state index in [1.54, 1.807) is 17.0 Å². The predicted molar refractivity (Wildman–Crippen MR) is 68.3 cm³/mol. The first-order valence-corrected chi connectivity index (χ1v) is 6.17. The number of nitrogens with zero attached hydrogens (tertiary/aromatic N) is 3. The quantitative estimate of drug-likeness (QED) is 0.829. The molecule has 0 spiro atoms. The van der Waals surface area contributed by atoms with Gasteiger partial charge in [-0.2, -0.15) is 5.10 Å². The van der Waals surface area contributed by atoms with Gasteiger partial charge in [-0.25, -0.2) is 4.98 Å². The second-order valence-corrected chi connectivity index (χ2v) is 4.61. The highest BCUT2D eigenvalue weighted by Gasteiger charge is 2.25. The number of carbonyl (C=O) groups is 1. The van der Waals surface area contributed by atoms with Gasteiger partial charge >= 0.3 is 0 Å². The van der Waals surface area contributed by atoms with Gasteiger partial charge in [-0.05, 0) is 18.6 Å². The molecule has 1 amide bonds. The molecule has 1 saturated heterocycles. The van der Waals surface area contributed by atoms with Gasteiger partial charge < -0.3 is 10.0 Å². The van der Waals surface area contributed by atoms with Crippen molar-refractivity contribution >= 4 is 5.91 Å². The number of nitrogens with one attached hydrogen (secondary N) is 1. The number of hydrogen-bond donors (Lipinski definition) is 2. The summed E-state index contributed by atoms with van der Waals surface area (Å²) < 4.78 is 0. The Hall–Kier alpha value is -2.21. The number of hydrogen-bond acceptors (Lipinski definition) is 4. The minimum absolute atomic E-state index is 0.0575. The molecule has 98 valence electrons. The number of β-amino-alcohol motifs (C(OH)–C–C–N with tert-alkyl or cyclic N) is 1. The van der Waals surface area contributed by atoms with Gasteiger partial charge in [0.1, 0.15) is 6.33 Å². The van der Waals surface area contributed by atoms with E-state index < -0.39 is 6.10 Å². The highest BCUT2D eigenvalue weighted by molar-refractivity contribution is 5.95. The minimum Gasteiger partial charge on any atom is -0.391 e. The molecule has 1 aliphatic heterocycles. The smallest absolute Gasteiger partial charge is 0.253 e. The Kier molecular flexibility index (Phi) is 3.00. The van der Waals surface area contributed by atoms with E-state index in [0.29, 0.717) is 30.9 Å². The van der Waals surface area contributed by atoms with Crippen molar-refractivity contribution in [3.63, 3.8) is 0 Å². The maximum atomic E-state index is 12.3. The Morgan fingerprint density at radius 3 is 3.05 bits per heavy atom. The van der Waals surface area contributed by atoms with Crippen LogP contribution in [0.15, 0.2) is 30.6 Å². The number of carbonyl (C=O) groups excluding carboxylic acids is 1. The molecule has 0 saturated carbocycles. The van der Waals surface area contributed by atoms with E-state index in [4.69, 9.17) is 0 Å². The normalized spacial score (nSPS) is 18.8. The number of aromatic amines is 1. The molecule has 1 aliphatic rings.